The van der Waals surface area contributed by atoms with Crippen molar-refractivity contribution < 1.29 is 19.4 Å². The van der Waals surface area contributed by atoms with Crippen molar-refractivity contribution in [2.24, 2.45) is 0 Å². The Bertz CT molecular complexity index is 763. The number of nitrogens with zero attached hydrogens (tertiary/aromatic N) is 2. The lowest BCUT2D eigenvalue weighted by molar-refractivity contribution is -0.133. The van der Waals surface area contributed by atoms with E-state index in [0.29, 0.717) is 43.9 Å². The largest absolute Gasteiger partial charge is 0.507 e. The van der Waals surface area contributed by atoms with Crippen LogP contribution in [0.4, 0.5) is 0 Å². The van der Waals surface area contributed by atoms with Crippen LogP contribution in [0.15, 0.2) is 54.6 Å². The molecule has 2 aromatic carbocycles. The first-order valence-corrected chi connectivity index (χ1v) is 8.68. The lowest BCUT2D eigenvalue weighted by atomic mass is 10.1. The molecule has 0 unspecified atom stereocenters. The van der Waals surface area contributed by atoms with Gasteiger partial charge in [-0.3, -0.25) is 9.59 Å². The van der Waals surface area contributed by atoms with Gasteiger partial charge in [0.05, 0.1) is 5.56 Å². The highest BCUT2D eigenvalue weighted by Crippen LogP contribution is 2.19. The van der Waals surface area contributed by atoms with Crippen molar-refractivity contribution in [2.45, 2.75) is 6.42 Å². The second-order valence-electron chi connectivity index (χ2n) is 6.15. The average Bonchev–Trinajstić information content (AvgIpc) is 2.93. The minimum Gasteiger partial charge on any atom is -0.507 e. The molecule has 26 heavy (non-hydrogen) atoms. The van der Waals surface area contributed by atoms with Gasteiger partial charge in [-0.2, -0.15) is 0 Å². The first-order valence-electron chi connectivity index (χ1n) is 8.68. The Morgan fingerprint density at radius 2 is 1.54 bits per heavy atom. The summed E-state index contributed by atoms with van der Waals surface area (Å²) in [7, 11) is 0. The zero-order chi connectivity index (χ0) is 18.4. The molecule has 136 valence electrons. The summed E-state index contributed by atoms with van der Waals surface area (Å²) in [6.07, 6.45) is 0.691. The van der Waals surface area contributed by atoms with Crippen molar-refractivity contribution in [3.8, 4) is 11.5 Å². The lowest BCUT2D eigenvalue weighted by Gasteiger charge is -2.22. The predicted octanol–water partition coefficient (Wildman–Crippen LogP) is 2.15. The molecule has 0 saturated carbocycles. The molecule has 0 aromatic heterocycles. The Kier molecular flexibility index (Phi) is 5.73. The van der Waals surface area contributed by atoms with Gasteiger partial charge in [0, 0.05) is 26.2 Å². The number of carbonyl (C=O) groups excluding carboxylic acids is 2. The highest BCUT2D eigenvalue weighted by molar-refractivity contribution is 5.96. The van der Waals surface area contributed by atoms with Crippen LogP contribution in [0.5, 0.6) is 11.5 Å². The normalized spacial score (nSPS) is 14.6. The highest BCUT2D eigenvalue weighted by atomic mass is 16.5. The van der Waals surface area contributed by atoms with Crippen molar-refractivity contribution in [1.82, 2.24) is 9.80 Å². The van der Waals surface area contributed by atoms with E-state index in [1.165, 1.54) is 6.07 Å². The zero-order valence-corrected chi connectivity index (χ0v) is 14.5. The van der Waals surface area contributed by atoms with Gasteiger partial charge < -0.3 is 19.6 Å². The van der Waals surface area contributed by atoms with Crippen LogP contribution < -0.4 is 4.74 Å². The van der Waals surface area contributed by atoms with E-state index in [9.17, 15) is 14.7 Å². The topological polar surface area (TPSA) is 70.1 Å². The molecule has 2 amide bonds. The molecule has 1 N–H and O–H groups in total. The zero-order valence-electron chi connectivity index (χ0n) is 14.5. The van der Waals surface area contributed by atoms with E-state index in [4.69, 9.17) is 4.74 Å². The van der Waals surface area contributed by atoms with Gasteiger partial charge in [-0.15, -0.1) is 0 Å². The van der Waals surface area contributed by atoms with Crippen LogP contribution in [0, 0.1) is 0 Å². The molecule has 1 aliphatic rings. The minimum absolute atomic E-state index is 0.0164. The maximum atomic E-state index is 12.6. The number of hydrogen-bond acceptors (Lipinski definition) is 4. The fourth-order valence-corrected chi connectivity index (χ4v) is 2.95. The number of hydrogen-bond donors (Lipinski definition) is 1. The molecule has 1 aliphatic heterocycles. The van der Waals surface area contributed by atoms with Crippen molar-refractivity contribution in [3.63, 3.8) is 0 Å². The van der Waals surface area contributed by atoms with Gasteiger partial charge in [-0.05, 0) is 30.7 Å². The summed E-state index contributed by atoms with van der Waals surface area (Å²) in [5, 5.41) is 9.87. The van der Waals surface area contributed by atoms with Gasteiger partial charge >= 0.3 is 0 Å². The van der Waals surface area contributed by atoms with Gasteiger partial charge in [0.2, 0.25) is 0 Å². The average molecular weight is 354 g/mol. The van der Waals surface area contributed by atoms with Crippen molar-refractivity contribution >= 4 is 11.8 Å². The maximum absolute atomic E-state index is 12.6. The Morgan fingerprint density at radius 3 is 2.31 bits per heavy atom. The fourth-order valence-electron chi connectivity index (χ4n) is 2.95. The van der Waals surface area contributed by atoms with E-state index in [-0.39, 0.29) is 24.2 Å². The minimum atomic E-state index is -0.210. The Labute approximate surface area is 152 Å². The van der Waals surface area contributed by atoms with E-state index >= 15 is 0 Å². The fraction of sp³-hybridized carbons (Fsp3) is 0.300. The van der Waals surface area contributed by atoms with Crippen molar-refractivity contribution in [3.05, 3.63) is 60.2 Å². The lowest BCUT2D eigenvalue weighted by Crippen LogP contribution is -2.39. The summed E-state index contributed by atoms with van der Waals surface area (Å²) in [5.41, 5.74) is 0.291. The number of ether oxygens (including phenoxy) is 1. The molecule has 6 heteroatoms. The summed E-state index contributed by atoms with van der Waals surface area (Å²) in [4.78, 5) is 28.4. The molecule has 1 heterocycles. The predicted molar refractivity (Wildman–Crippen MR) is 97.1 cm³/mol. The molecule has 0 spiro atoms. The molecule has 1 saturated heterocycles. The Balaban J connectivity index is 1.55. The molecular formula is C20H22N2O4. The standard InChI is InChI=1S/C20H22N2O4/c23-18-10-5-4-9-17(18)20(25)22-12-6-11-21(13-14-22)19(24)15-26-16-7-2-1-3-8-16/h1-5,7-10,23H,6,11-15H2. The smallest absolute Gasteiger partial charge is 0.260 e. The molecule has 1 fully saturated rings. The van der Waals surface area contributed by atoms with Crippen molar-refractivity contribution in [2.75, 3.05) is 32.8 Å². The molecule has 2 aromatic rings. The first-order chi connectivity index (χ1) is 12.6. The van der Waals surface area contributed by atoms with Crippen LogP contribution in [-0.2, 0) is 4.79 Å². The second-order valence-corrected chi connectivity index (χ2v) is 6.15. The van der Waals surface area contributed by atoms with Crippen LogP contribution in [-0.4, -0.2) is 59.5 Å². The Hall–Kier alpha value is -3.02. The number of rotatable bonds is 4. The third-order valence-electron chi connectivity index (χ3n) is 4.38. The number of amides is 2. The maximum Gasteiger partial charge on any atom is 0.260 e. The Morgan fingerprint density at radius 1 is 0.885 bits per heavy atom. The summed E-state index contributed by atoms with van der Waals surface area (Å²) >= 11 is 0. The molecule has 0 aliphatic carbocycles. The summed E-state index contributed by atoms with van der Waals surface area (Å²) in [5.74, 6) is 0.335. The van der Waals surface area contributed by atoms with E-state index in [0.717, 1.165) is 0 Å². The third kappa shape index (κ3) is 4.33. The molecular weight excluding hydrogens is 332 g/mol. The third-order valence-corrected chi connectivity index (χ3v) is 4.38. The molecule has 0 radical (unpaired) electrons. The van der Waals surface area contributed by atoms with Gasteiger partial charge in [-0.25, -0.2) is 0 Å². The van der Waals surface area contributed by atoms with Crippen LogP contribution >= 0.6 is 0 Å². The number of benzene rings is 2. The molecule has 6 nitrogen and oxygen atoms in total. The summed E-state index contributed by atoms with van der Waals surface area (Å²) in [6, 6.07) is 15.7. The second kappa shape index (κ2) is 8.38. The first kappa shape index (κ1) is 17.8. The van der Waals surface area contributed by atoms with Gasteiger partial charge in [-0.1, -0.05) is 30.3 Å². The van der Waals surface area contributed by atoms with E-state index < -0.39 is 0 Å². The van der Waals surface area contributed by atoms with Crippen LogP contribution in [0.3, 0.4) is 0 Å². The number of phenols is 1. The number of para-hydroxylation sites is 2. The number of aromatic hydroxyl groups is 1. The van der Waals surface area contributed by atoms with E-state index in [2.05, 4.69) is 0 Å². The quantitative estimate of drug-likeness (QED) is 0.913. The molecule has 0 bridgehead atoms. The summed E-state index contributed by atoms with van der Waals surface area (Å²) in [6.45, 7) is 2.01. The summed E-state index contributed by atoms with van der Waals surface area (Å²) < 4.78 is 5.52. The van der Waals surface area contributed by atoms with Crippen LogP contribution in [0.1, 0.15) is 16.8 Å². The van der Waals surface area contributed by atoms with Crippen molar-refractivity contribution in [1.29, 1.82) is 0 Å². The molecule has 3 rings (SSSR count). The highest BCUT2D eigenvalue weighted by Gasteiger charge is 2.24. The van der Waals surface area contributed by atoms with E-state index in [1.807, 2.05) is 30.3 Å². The van der Waals surface area contributed by atoms with Gasteiger partial charge in [0.25, 0.3) is 11.8 Å². The van der Waals surface area contributed by atoms with E-state index in [1.54, 1.807) is 28.0 Å². The van der Waals surface area contributed by atoms with Crippen LogP contribution in [0.2, 0.25) is 0 Å². The number of phenolic OH excluding ortho intramolecular Hbond substituents is 1. The molecule has 0 atom stereocenters. The SMILES string of the molecule is O=C(COc1ccccc1)N1CCCN(C(=O)c2ccccc2O)CC1. The van der Waals surface area contributed by atoms with Gasteiger partial charge in [0.15, 0.2) is 6.61 Å². The van der Waals surface area contributed by atoms with Crippen LogP contribution in [0.25, 0.3) is 0 Å². The van der Waals surface area contributed by atoms with Gasteiger partial charge in [0.1, 0.15) is 11.5 Å². The number of carbonyl (C=O) groups is 2. The monoisotopic (exact) mass is 354 g/mol.